The van der Waals surface area contributed by atoms with Crippen molar-refractivity contribution in [2.75, 3.05) is 0 Å². The zero-order chi connectivity index (χ0) is 9.38. The van der Waals surface area contributed by atoms with Crippen molar-refractivity contribution in [2.45, 2.75) is 0 Å². The quantitative estimate of drug-likeness (QED) is 0.630. The summed E-state index contributed by atoms with van der Waals surface area (Å²) in [6.07, 6.45) is 4.33. The minimum absolute atomic E-state index is 0.792. The third-order valence-corrected chi connectivity index (χ3v) is 2.12. The van der Waals surface area contributed by atoms with Gasteiger partial charge in [-0.25, -0.2) is 4.98 Å². The van der Waals surface area contributed by atoms with E-state index in [0.717, 1.165) is 22.4 Å². The molecular weight excluding hydrogens is 176 g/mol. The Morgan fingerprint density at radius 1 is 1.21 bits per heavy atom. The molecule has 0 aliphatic heterocycles. The Morgan fingerprint density at radius 3 is 2.93 bits per heavy atom. The van der Waals surface area contributed by atoms with Crippen molar-refractivity contribution in [2.24, 2.45) is 0 Å². The predicted octanol–water partition coefficient (Wildman–Crippen LogP) is 2.62. The van der Waals surface area contributed by atoms with Crippen LogP contribution in [0.1, 0.15) is 0 Å². The summed E-state index contributed by atoms with van der Waals surface area (Å²) in [5.41, 5.74) is 2.83. The van der Waals surface area contributed by atoms with Gasteiger partial charge in [0.2, 0.25) is 0 Å². The maximum atomic E-state index is 4.88. The lowest BCUT2D eigenvalue weighted by molar-refractivity contribution is 0.559. The summed E-state index contributed by atoms with van der Waals surface area (Å²) in [5.74, 6) is 0.792. The Balaban J connectivity index is 2.24. The van der Waals surface area contributed by atoms with Crippen LogP contribution in [0.3, 0.4) is 0 Å². The minimum Gasteiger partial charge on any atom is -0.460 e. The zero-order valence-corrected chi connectivity index (χ0v) is 7.32. The molecule has 1 aromatic carbocycles. The fourth-order valence-corrected chi connectivity index (χ4v) is 1.44. The zero-order valence-electron chi connectivity index (χ0n) is 7.32. The van der Waals surface area contributed by atoms with Gasteiger partial charge < -0.3 is 9.40 Å². The van der Waals surface area contributed by atoms with Gasteiger partial charge in [0.25, 0.3) is 0 Å². The van der Waals surface area contributed by atoms with E-state index in [2.05, 4.69) is 16.2 Å². The van der Waals surface area contributed by atoms with Gasteiger partial charge in [-0.2, -0.15) is 0 Å². The van der Waals surface area contributed by atoms with Crippen molar-refractivity contribution in [1.82, 2.24) is 9.97 Å². The van der Waals surface area contributed by atoms with Crippen LogP contribution >= 0.6 is 0 Å². The van der Waals surface area contributed by atoms with Crippen LogP contribution in [0, 0.1) is 6.26 Å². The molecule has 3 heteroatoms. The van der Waals surface area contributed by atoms with Gasteiger partial charge in [-0.3, -0.25) is 0 Å². The molecule has 67 valence electrons. The van der Waals surface area contributed by atoms with Gasteiger partial charge in [-0.1, -0.05) is 12.1 Å². The topological polar surface area (TPSA) is 41.8 Å². The maximum absolute atomic E-state index is 4.88. The summed E-state index contributed by atoms with van der Waals surface area (Å²) in [7, 11) is 0. The SMILES string of the molecule is [c]1occc1-c1nc2ccccc2[nH]1. The molecule has 0 amide bonds. The number of nitrogens with one attached hydrogen (secondary N) is 1. The lowest BCUT2D eigenvalue weighted by Gasteiger charge is -1.84. The van der Waals surface area contributed by atoms with Crippen LogP contribution in [-0.4, -0.2) is 9.97 Å². The first-order valence-corrected chi connectivity index (χ1v) is 4.34. The van der Waals surface area contributed by atoms with E-state index in [-0.39, 0.29) is 0 Å². The molecule has 0 saturated carbocycles. The normalized spacial score (nSPS) is 10.9. The monoisotopic (exact) mass is 183 g/mol. The van der Waals surface area contributed by atoms with E-state index >= 15 is 0 Å². The maximum Gasteiger partial charge on any atom is 0.180 e. The molecule has 14 heavy (non-hydrogen) atoms. The highest BCUT2D eigenvalue weighted by Gasteiger charge is 2.05. The summed E-state index contributed by atoms with van der Waals surface area (Å²) in [5, 5.41) is 0. The number of benzene rings is 1. The van der Waals surface area contributed by atoms with E-state index in [1.165, 1.54) is 0 Å². The number of H-pyrrole nitrogens is 1. The summed E-state index contributed by atoms with van der Waals surface area (Å²) in [6, 6.07) is 9.73. The number of imidazole rings is 1. The van der Waals surface area contributed by atoms with Crippen LogP contribution in [0.15, 0.2) is 41.0 Å². The second-order valence-electron chi connectivity index (χ2n) is 3.04. The number of hydrogen-bond donors (Lipinski definition) is 1. The second-order valence-corrected chi connectivity index (χ2v) is 3.04. The van der Waals surface area contributed by atoms with E-state index in [1.807, 2.05) is 30.3 Å². The molecule has 1 N–H and O–H groups in total. The lowest BCUT2D eigenvalue weighted by atomic mass is 10.3. The fourth-order valence-electron chi connectivity index (χ4n) is 1.44. The second kappa shape index (κ2) is 2.73. The molecule has 3 rings (SSSR count). The van der Waals surface area contributed by atoms with Crippen molar-refractivity contribution < 1.29 is 4.42 Å². The van der Waals surface area contributed by atoms with Gasteiger partial charge in [0.1, 0.15) is 5.82 Å². The number of nitrogens with zero attached hydrogens (tertiary/aromatic N) is 1. The molecule has 0 aliphatic carbocycles. The molecule has 1 radical (unpaired) electrons. The number of aromatic nitrogens is 2. The van der Waals surface area contributed by atoms with Gasteiger partial charge in [-0.05, 0) is 18.2 Å². The number of hydrogen-bond acceptors (Lipinski definition) is 2. The average Bonchev–Trinajstić information content (AvgIpc) is 2.86. The van der Waals surface area contributed by atoms with Crippen molar-refractivity contribution in [3.05, 3.63) is 42.9 Å². The van der Waals surface area contributed by atoms with Gasteiger partial charge in [0.15, 0.2) is 6.26 Å². The van der Waals surface area contributed by atoms with Gasteiger partial charge in [-0.15, -0.1) is 0 Å². The highest BCUT2D eigenvalue weighted by atomic mass is 16.3. The standard InChI is InChI=1S/C11H7N2O/c1-2-4-10-9(3-1)12-11(13-10)8-5-6-14-7-8/h1-6H,(H,12,13). The van der Waals surface area contributed by atoms with Crippen molar-refractivity contribution in [1.29, 1.82) is 0 Å². The van der Waals surface area contributed by atoms with E-state index in [1.54, 1.807) is 6.26 Å². The van der Waals surface area contributed by atoms with Crippen LogP contribution in [0.25, 0.3) is 22.4 Å². The molecule has 3 nitrogen and oxygen atoms in total. The largest absolute Gasteiger partial charge is 0.460 e. The molecule has 2 aromatic heterocycles. The Kier molecular flexibility index (Phi) is 1.44. The number of aromatic amines is 1. The molecule has 0 saturated heterocycles. The predicted molar refractivity (Wildman–Crippen MR) is 52.6 cm³/mol. The first-order valence-electron chi connectivity index (χ1n) is 4.34. The average molecular weight is 183 g/mol. The Bertz CT molecular complexity index is 518. The third kappa shape index (κ3) is 1.03. The van der Waals surface area contributed by atoms with E-state index in [4.69, 9.17) is 4.42 Å². The van der Waals surface area contributed by atoms with Crippen LogP contribution < -0.4 is 0 Å². The highest BCUT2D eigenvalue weighted by molar-refractivity contribution is 5.78. The fraction of sp³-hybridized carbons (Fsp3) is 0. The lowest BCUT2D eigenvalue weighted by Crippen LogP contribution is -1.74. The number of fused-ring (bicyclic) bond motifs is 1. The van der Waals surface area contributed by atoms with Crippen LogP contribution in [0.4, 0.5) is 0 Å². The number of furan rings is 1. The van der Waals surface area contributed by atoms with E-state index < -0.39 is 0 Å². The molecule has 0 unspecified atom stereocenters. The molecule has 0 atom stereocenters. The number of rotatable bonds is 1. The summed E-state index contributed by atoms with van der Waals surface area (Å²) >= 11 is 0. The van der Waals surface area contributed by atoms with Crippen molar-refractivity contribution in [3.63, 3.8) is 0 Å². The summed E-state index contributed by atoms with van der Waals surface area (Å²) in [4.78, 5) is 7.60. The van der Waals surface area contributed by atoms with Crippen LogP contribution in [-0.2, 0) is 0 Å². The smallest absolute Gasteiger partial charge is 0.180 e. The minimum atomic E-state index is 0.792. The molecule has 0 fully saturated rings. The molecule has 0 aliphatic rings. The van der Waals surface area contributed by atoms with Crippen molar-refractivity contribution >= 4 is 11.0 Å². The van der Waals surface area contributed by atoms with Crippen LogP contribution in [0.5, 0.6) is 0 Å². The Morgan fingerprint density at radius 2 is 2.14 bits per heavy atom. The van der Waals surface area contributed by atoms with Gasteiger partial charge in [0.05, 0.1) is 22.9 Å². The number of para-hydroxylation sites is 2. The first kappa shape index (κ1) is 7.38. The Hall–Kier alpha value is -2.03. The van der Waals surface area contributed by atoms with Crippen LogP contribution in [0.2, 0.25) is 0 Å². The molecule has 3 aromatic rings. The molecule has 0 spiro atoms. The third-order valence-electron chi connectivity index (χ3n) is 2.12. The summed E-state index contributed by atoms with van der Waals surface area (Å²) < 4.78 is 4.88. The van der Waals surface area contributed by atoms with E-state index in [9.17, 15) is 0 Å². The summed E-state index contributed by atoms with van der Waals surface area (Å²) in [6.45, 7) is 0. The van der Waals surface area contributed by atoms with Gasteiger partial charge >= 0.3 is 0 Å². The highest BCUT2D eigenvalue weighted by Crippen LogP contribution is 2.19. The van der Waals surface area contributed by atoms with Crippen molar-refractivity contribution in [3.8, 4) is 11.4 Å². The van der Waals surface area contributed by atoms with Gasteiger partial charge in [0, 0.05) is 0 Å². The molecule has 0 bridgehead atoms. The molecular formula is C11H7N2O. The first-order chi connectivity index (χ1) is 6.93. The van der Waals surface area contributed by atoms with E-state index in [0.29, 0.717) is 0 Å². The molecule has 2 heterocycles. The Labute approximate surface area is 80.4 Å².